The zero-order chi connectivity index (χ0) is 73.7. The molecule has 0 saturated heterocycles. The van der Waals surface area contributed by atoms with Crippen LogP contribution in [0.3, 0.4) is 0 Å². The van der Waals surface area contributed by atoms with Crippen LogP contribution in [0.5, 0.6) is 0 Å². The Labute approximate surface area is 645 Å². The highest BCUT2D eigenvalue weighted by Crippen LogP contribution is 2.42. The van der Waals surface area contributed by atoms with Crippen LogP contribution in [-0.4, -0.2) is 46.1 Å². The lowest BCUT2D eigenvalue weighted by atomic mass is 10.0. The Bertz CT molecular complexity index is 5770. The van der Waals surface area contributed by atoms with Gasteiger partial charge in [0.1, 0.15) is 0 Å². The summed E-state index contributed by atoms with van der Waals surface area (Å²) < 4.78 is 11.9. The molecule has 2 heterocycles. The number of hydrogen-bond donors (Lipinski definition) is 0. The van der Waals surface area contributed by atoms with Crippen LogP contribution in [0.1, 0.15) is 24.0 Å². The van der Waals surface area contributed by atoms with Gasteiger partial charge in [0.25, 0.3) is 0 Å². The van der Waals surface area contributed by atoms with E-state index in [4.69, 9.17) is 29.4 Å². The van der Waals surface area contributed by atoms with E-state index in [0.29, 0.717) is 25.7 Å². The fourth-order valence-corrected chi connectivity index (χ4v) is 13.9. The van der Waals surface area contributed by atoms with E-state index in [0.717, 1.165) is 160 Å². The van der Waals surface area contributed by atoms with Crippen LogP contribution in [-0.2, 0) is 31.9 Å². The van der Waals surface area contributed by atoms with E-state index >= 15 is 0 Å². The molecule has 16 aromatic rings. The van der Waals surface area contributed by atoms with E-state index in [9.17, 15) is 9.59 Å². The Kier molecular flexibility index (Phi) is 21.8. The van der Waals surface area contributed by atoms with Crippen molar-refractivity contribution in [1.82, 2.24) is 19.9 Å². The zero-order valence-electron chi connectivity index (χ0n) is 59.4. The van der Waals surface area contributed by atoms with Crippen molar-refractivity contribution >= 4 is 100.0 Å². The van der Waals surface area contributed by atoms with Crippen LogP contribution in [0.4, 0.5) is 34.1 Å². The van der Waals surface area contributed by atoms with E-state index in [1.165, 1.54) is 19.8 Å². The number of methoxy groups -OCH3 is 2. The second-order valence-corrected chi connectivity index (χ2v) is 27.9. The number of hydrogen-bond acceptors (Lipinski definition) is 10. The summed E-state index contributed by atoms with van der Waals surface area (Å²) in [6, 6.07) is 122. The molecule has 14 aromatic carbocycles. The third kappa shape index (κ3) is 16.5. The first-order chi connectivity index (χ1) is 53.0. The molecule has 0 amide bonds. The molecule has 0 radical (unpaired) electrons. The summed E-state index contributed by atoms with van der Waals surface area (Å²) in [5.41, 5.74) is 27.6. The standard InChI is InChI=1S/C70H56N4O4.C26H16Br2N2/c1-77-67(75)46-22-49-18-33-59(34-19-49)73(61-37-24-54(25-38-61)51-12-6-3-7-13-51)63-41-28-56(29-42-63)69-70(72-66-48-58(32-45-65(66)71-69)53-16-10-5-11-17-53)57-30-43-64(44-31-57)74(60-35-20-50(21-36-60)23-47-68(76)78-2)62-39-26-55(27-40-62)52-14-8-4-9-15-52;27-21-11-6-18(7-12-21)25-26(19-8-13-22(28)14-9-19)30-24-16-20(10-15-23(24)29-25)17-4-2-1-3-5-17/h3-21,24-45,48H,22-23,46-47H2,1-2H3;1-16H. The number of ether oxygens (including phenoxy) is 2. The lowest BCUT2D eigenvalue weighted by Gasteiger charge is -2.26. The number of carbonyl (C=O) groups is 2. The molecule has 0 aliphatic carbocycles. The molecule has 16 rings (SSSR count). The van der Waals surface area contributed by atoms with Gasteiger partial charge in [-0.2, -0.15) is 0 Å². The van der Waals surface area contributed by atoms with Crippen LogP contribution in [0.15, 0.2) is 361 Å². The summed E-state index contributed by atoms with van der Waals surface area (Å²) in [7, 11) is 2.85. The summed E-state index contributed by atoms with van der Waals surface area (Å²) in [4.78, 5) is 49.5. The van der Waals surface area contributed by atoms with Gasteiger partial charge in [-0.3, -0.25) is 9.59 Å². The smallest absolute Gasteiger partial charge is 0.305 e. The lowest BCUT2D eigenvalue weighted by Crippen LogP contribution is -2.10. The summed E-state index contributed by atoms with van der Waals surface area (Å²) in [5, 5.41) is 0. The van der Waals surface area contributed by atoms with Gasteiger partial charge in [0.05, 0.1) is 59.1 Å². The van der Waals surface area contributed by atoms with Crippen LogP contribution in [0, 0.1) is 0 Å². The predicted octanol–water partition coefficient (Wildman–Crippen LogP) is 25.3. The molecule has 10 nitrogen and oxygen atoms in total. The highest BCUT2D eigenvalue weighted by Gasteiger charge is 2.21. The van der Waals surface area contributed by atoms with Gasteiger partial charge in [0.15, 0.2) is 0 Å². The Morgan fingerprint density at radius 1 is 0.259 bits per heavy atom. The highest BCUT2D eigenvalue weighted by molar-refractivity contribution is 9.10. The highest BCUT2D eigenvalue weighted by atomic mass is 79.9. The van der Waals surface area contributed by atoms with Crippen molar-refractivity contribution in [3.63, 3.8) is 0 Å². The second kappa shape index (κ2) is 33.1. The molecular formula is C96H72Br2N6O4. The van der Waals surface area contributed by atoms with E-state index in [2.05, 4.69) is 345 Å². The van der Waals surface area contributed by atoms with Crippen molar-refractivity contribution < 1.29 is 19.1 Å². The number of carbonyl (C=O) groups excluding carboxylic acids is 2. The van der Waals surface area contributed by atoms with Gasteiger partial charge in [0.2, 0.25) is 0 Å². The van der Waals surface area contributed by atoms with Gasteiger partial charge in [-0.15, -0.1) is 0 Å². The molecule has 0 aliphatic heterocycles. The minimum absolute atomic E-state index is 0.228. The normalized spacial score (nSPS) is 11.0. The molecule has 0 saturated carbocycles. The van der Waals surface area contributed by atoms with Crippen molar-refractivity contribution in [2.24, 2.45) is 0 Å². The Morgan fingerprint density at radius 2 is 0.481 bits per heavy atom. The van der Waals surface area contributed by atoms with Crippen molar-refractivity contribution in [1.29, 1.82) is 0 Å². The Morgan fingerprint density at radius 3 is 0.759 bits per heavy atom. The molecule has 0 atom stereocenters. The molecule has 108 heavy (non-hydrogen) atoms. The van der Waals surface area contributed by atoms with Crippen molar-refractivity contribution in [2.45, 2.75) is 25.7 Å². The molecule has 0 spiro atoms. The summed E-state index contributed by atoms with van der Waals surface area (Å²) in [6.45, 7) is 0. The molecule has 2 aromatic heterocycles. The minimum atomic E-state index is -0.229. The number of aryl methyl sites for hydroxylation is 2. The first-order valence-corrected chi connectivity index (χ1v) is 37.3. The fourth-order valence-electron chi connectivity index (χ4n) is 13.4. The van der Waals surface area contributed by atoms with Gasteiger partial charge in [-0.05, 0) is 190 Å². The zero-order valence-corrected chi connectivity index (χ0v) is 62.6. The van der Waals surface area contributed by atoms with E-state index in [1.807, 2.05) is 48.5 Å². The molecule has 0 unspecified atom stereocenters. The van der Waals surface area contributed by atoms with Crippen LogP contribution in [0.2, 0.25) is 0 Å². The molecule has 524 valence electrons. The number of rotatable bonds is 20. The number of nitrogens with zero attached hydrogens (tertiary/aromatic N) is 6. The first-order valence-electron chi connectivity index (χ1n) is 35.7. The summed E-state index contributed by atoms with van der Waals surface area (Å²) in [5.74, 6) is -0.457. The molecular weight excluding hydrogens is 1460 g/mol. The Balaban J connectivity index is 0.000000257. The Hall–Kier alpha value is -12.7. The van der Waals surface area contributed by atoms with Crippen molar-refractivity contribution in [2.75, 3.05) is 24.0 Å². The number of esters is 2. The number of benzene rings is 14. The SMILES string of the molecule is Brc1ccc(-c2nc3ccc(-c4ccccc4)cc3nc2-c2ccc(Br)cc2)cc1.COC(=O)CCc1ccc(N(c2ccc(-c3ccccc3)cc2)c2ccc(-c3nc4ccc(-c5ccccc5)cc4nc3-c3ccc(N(c4ccc(CCC(=O)OC)cc4)c4ccc(-c5ccccc5)cc4)cc3)cc2)cc1. The van der Waals surface area contributed by atoms with Gasteiger partial charge in [-0.1, -0.05) is 262 Å². The molecule has 12 heteroatoms. The molecule has 0 bridgehead atoms. The second-order valence-electron chi connectivity index (χ2n) is 26.1. The maximum absolute atomic E-state index is 12.0. The van der Waals surface area contributed by atoms with Gasteiger partial charge in [0, 0.05) is 78.2 Å². The third-order valence-corrected chi connectivity index (χ3v) is 20.2. The topological polar surface area (TPSA) is 111 Å². The van der Waals surface area contributed by atoms with Crippen LogP contribution < -0.4 is 9.80 Å². The number of fused-ring (bicyclic) bond motifs is 2. The maximum Gasteiger partial charge on any atom is 0.305 e. The van der Waals surface area contributed by atoms with E-state index in [-0.39, 0.29) is 11.9 Å². The van der Waals surface area contributed by atoms with Gasteiger partial charge in [-0.25, -0.2) is 19.9 Å². The minimum Gasteiger partial charge on any atom is -0.469 e. The van der Waals surface area contributed by atoms with Gasteiger partial charge >= 0.3 is 11.9 Å². The third-order valence-electron chi connectivity index (χ3n) is 19.1. The van der Waals surface area contributed by atoms with Gasteiger partial charge < -0.3 is 19.3 Å². The van der Waals surface area contributed by atoms with Crippen molar-refractivity contribution in [3.05, 3.63) is 372 Å². The molecule has 0 N–H and O–H groups in total. The number of aromatic nitrogens is 4. The van der Waals surface area contributed by atoms with Crippen LogP contribution >= 0.6 is 31.9 Å². The van der Waals surface area contributed by atoms with Crippen molar-refractivity contribution in [3.8, 4) is 89.5 Å². The number of halogens is 2. The lowest BCUT2D eigenvalue weighted by molar-refractivity contribution is -0.141. The number of anilines is 6. The largest absolute Gasteiger partial charge is 0.469 e. The average Bonchev–Trinajstić information content (AvgIpc) is 0.746. The maximum atomic E-state index is 12.0. The summed E-state index contributed by atoms with van der Waals surface area (Å²) >= 11 is 7.04. The monoisotopic (exact) mass is 1530 g/mol. The van der Waals surface area contributed by atoms with Crippen LogP contribution in [0.25, 0.3) is 112 Å². The fraction of sp³-hybridized carbons (Fsp3) is 0.0625. The van der Waals surface area contributed by atoms with E-state index < -0.39 is 0 Å². The molecule has 0 aliphatic rings. The quantitative estimate of drug-likeness (QED) is 0.0684. The predicted molar refractivity (Wildman–Crippen MR) is 448 cm³/mol. The molecule has 0 fully saturated rings. The van der Waals surface area contributed by atoms with E-state index in [1.54, 1.807) is 0 Å². The first kappa shape index (κ1) is 70.9. The average molecular weight is 1530 g/mol. The summed E-state index contributed by atoms with van der Waals surface area (Å²) in [6.07, 6.45) is 1.82.